The Kier molecular flexibility index (Phi) is 11.2. The summed E-state index contributed by atoms with van der Waals surface area (Å²) in [5.74, 6) is -1.44. The number of hydrogen-bond acceptors (Lipinski definition) is 3. The Morgan fingerprint density at radius 2 is 1.77 bits per heavy atom. The molecule has 2 radical (unpaired) electrons. The molecular weight excluding hydrogens is 357 g/mol. The smallest absolute Gasteiger partial charge is 0.547 e. The van der Waals surface area contributed by atoms with Crippen LogP contribution < -0.4 is 5.11 Å². The van der Waals surface area contributed by atoms with Crippen LogP contribution in [0.25, 0.3) is 0 Å². The summed E-state index contributed by atoms with van der Waals surface area (Å²) in [7, 11) is 0. The fourth-order valence-electron chi connectivity index (χ4n) is 0.342. The standard InChI is InChI=1S/C6H5.C3H6O3.Hg/c1-2-4-6-5-3-1;1-2(4)3(5)6;/h1-5H;2,4H,1H3,(H,5,6);/q;;+1/p-1. The molecule has 0 amide bonds. The zero-order valence-electron chi connectivity index (χ0n) is 7.43. The van der Waals surface area contributed by atoms with Gasteiger partial charge in [-0.15, -0.1) is 0 Å². The molecule has 66 valence electrons. The SMILES string of the molecule is CC(O)C(=O)[O-].[Hg+].[c]1ccccc1. The van der Waals surface area contributed by atoms with Crippen molar-refractivity contribution in [1.82, 2.24) is 0 Å². The van der Waals surface area contributed by atoms with Gasteiger partial charge in [-0.2, -0.15) is 0 Å². The largest absolute Gasteiger partial charge is 1.00 e. The van der Waals surface area contributed by atoms with E-state index in [0.29, 0.717) is 0 Å². The van der Waals surface area contributed by atoms with Crippen molar-refractivity contribution in [1.29, 1.82) is 0 Å². The van der Waals surface area contributed by atoms with Gasteiger partial charge in [-0.3, -0.25) is 0 Å². The van der Waals surface area contributed by atoms with E-state index in [1.807, 2.05) is 30.3 Å². The Hall–Kier alpha value is -0.415. The van der Waals surface area contributed by atoms with Crippen molar-refractivity contribution in [2.24, 2.45) is 0 Å². The molecule has 1 atom stereocenters. The summed E-state index contributed by atoms with van der Waals surface area (Å²) in [4.78, 5) is 9.34. The molecule has 0 aromatic heterocycles. The first-order valence-corrected chi connectivity index (χ1v) is 3.44. The summed E-state index contributed by atoms with van der Waals surface area (Å²) in [5.41, 5.74) is 0. The van der Waals surface area contributed by atoms with Gasteiger partial charge in [0.2, 0.25) is 0 Å². The molecule has 0 fully saturated rings. The first kappa shape index (κ1) is 15.1. The minimum atomic E-state index is -1.44. The molecule has 0 heterocycles. The van der Waals surface area contributed by atoms with Gasteiger partial charge in [-0.05, 0) is 13.0 Å². The van der Waals surface area contributed by atoms with Gasteiger partial charge in [0.15, 0.2) is 0 Å². The summed E-state index contributed by atoms with van der Waals surface area (Å²) >= 11 is 0. The molecule has 1 N–H and O–H groups in total. The molecule has 0 saturated carbocycles. The van der Waals surface area contributed by atoms with Crippen LogP contribution in [0.4, 0.5) is 0 Å². The van der Waals surface area contributed by atoms with E-state index in [-0.39, 0.29) is 27.7 Å². The minimum Gasteiger partial charge on any atom is -0.547 e. The molecule has 0 spiro atoms. The van der Waals surface area contributed by atoms with Gasteiger partial charge in [0.1, 0.15) is 0 Å². The predicted octanol–water partition coefficient (Wildman–Crippen LogP) is -0.399. The normalized spacial score (nSPS) is 10.0. The van der Waals surface area contributed by atoms with E-state index in [0.717, 1.165) is 6.92 Å². The average molecular weight is 367 g/mol. The third kappa shape index (κ3) is 11.6. The van der Waals surface area contributed by atoms with E-state index < -0.39 is 12.1 Å². The van der Waals surface area contributed by atoms with Crippen LogP contribution in [0.1, 0.15) is 6.92 Å². The number of carbonyl (C=O) groups excluding carboxylic acids is 1. The topological polar surface area (TPSA) is 60.4 Å². The second-order valence-electron chi connectivity index (χ2n) is 2.07. The van der Waals surface area contributed by atoms with E-state index in [2.05, 4.69) is 6.07 Å². The van der Waals surface area contributed by atoms with E-state index in [1.54, 1.807) is 0 Å². The zero-order chi connectivity index (χ0) is 9.40. The maximum Gasteiger partial charge on any atom is 1.00 e. The molecule has 0 bridgehead atoms. The Labute approximate surface area is 97.9 Å². The molecule has 1 aromatic carbocycles. The number of aliphatic carboxylic acids is 1. The quantitative estimate of drug-likeness (QED) is 0.688. The molecule has 4 heteroatoms. The zero-order valence-corrected chi connectivity index (χ0v) is 12.9. The van der Waals surface area contributed by atoms with Gasteiger partial charge < -0.3 is 15.0 Å². The summed E-state index contributed by atoms with van der Waals surface area (Å²) < 4.78 is 0. The molecule has 13 heavy (non-hydrogen) atoms. The Bertz CT molecular complexity index is 185. The summed E-state index contributed by atoms with van der Waals surface area (Å²) in [6.45, 7) is 1.13. The predicted molar refractivity (Wildman–Crippen MR) is 42.0 cm³/mol. The van der Waals surface area contributed by atoms with Crippen molar-refractivity contribution in [3.8, 4) is 0 Å². The Morgan fingerprint density at radius 1 is 1.38 bits per heavy atom. The summed E-state index contributed by atoms with van der Waals surface area (Å²) in [6, 6.07) is 12.5. The third-order valence-corrected chi connectivity index (χ3v) is 0.948. The maximum atomic E-state index is 9.34. The number of carboxylic acid groups (broad SMARTS) is 1. The minimum absolute atomic E-state index is 0. The molecule has 1 unspecified atom stereocenters. The number of aliphatic hydroxyl groups is 1. The number of carboxylic acids is 1. The van der Waals surface area contributed by atoms with Crippen molar-refractivity contribution in [2.75, 3.05) is 0 Å². The van der Waals surface area contributed by atoms with E-state index in [9.17, 15) is 9.90 Å². The molecule has 0 aliphatic rings. The molecule has 3 nitrogen and oxygen atoms in total. The first-order chi connectivity index (χ1) is 5.64. The van der Waals surface area contributed by atoms with Crippen LogP contribution in [0.3, 0.4) is 0 Å². The van der Waals surface area contributed by atoms with Crippen LogP contribution in [0, 0.1) is 6.07 Å². The maximum absolute atomic E-state index is 9.34. The fourth-order valence-corrected chi connectivity index (χ4v) is 0.342. The van der Waals surface area contributed by atoms with Crippen LogP contribution in [-0.4, -0.2) is 17.2 Å². The summed E-state index contributed by atoms with van der Waals surface area (Å²) in [5, 5.41) is 17.3. The average Bonchev–Trinajstić information content (AvgIpc) is 2.08. The molecule has 0 saturated heterocycles. The number of rotatable bonds is 1. The van der Waals surface area contributed by atoms with Gasteiger partial charge in [-0.25, -0.2) is 0 Å². The van der Waals surface area contributed by atoms with Crippen LogP contribution in [-0.2, 0) is 32.5 Å². The van der Waals surface area contributed by atoms with Crippen molar-refractivity contribution >= 4 is 5.97 Å². The van der Waals surface area contributed by atoms with Crippen LogP contribution in [0.15, 0.2) is 30.3 Å². The first-order valence-electron chi connectivity index (χ1n) is 3.44. The molecule has 1 aromatic rings. The van der Waals surface area contributed by atoms with E-state index in [1.165, 1.54) is 0 Å². The third-order valence-electron chi connectivity index (χ3n) is 0.948. The fraction of sp³-hybridized carbons (Fsp3) is 0.222. The monoisotopic (exact) mass is 368 g/mol. The Balaban J connectivity index is 0. The summed E-state index contributed by atoms with van der Waals surface area (Å²) in [6.07, 6.45) is -1.34. The van der Waals surface area contributed by atoms with E-state index in [4.69, 9.17) is 5.11 Å². The second-order valence-corrected chi connectivity index (χ2v) is 2.07. The van der Waals surface area contributed by atoms with Crippen LogP contribution in [0.2, 0.25) is 0 Å². The number of aliphatic hydroxyl groups excluding tert-OH is 1. The number of benzene rings is 1. The van der Waals surface area contributed by atoms with Crippen LogP contribution >= 0.6 is 0 Å². The van der Waals surface area contributed by atoms with Crippen molar-refractivity contribution in [2.45, 2.75) is 13.0 Å². The van der Waals surface area contributed by atoms with Gasteiger partial charge >= 0.3 is 27.7 Å². The van der Waals surface area contributed by atoms with Gasteiger partial charge in [0, 0.05) is 0 Å². The van der Waals surface area contributed by atoms with Gasteiger partial charge in [0.05, 0.1) is 12.1 Å². The van der Waals surface area contributed by atoms with Crippen molar-refractivity contribution in [3.05, 3.63) is 36.4 Å². The number of carbonyl (C=O) groups is 1. The van der Waals surface area contributed by atoms with E-state index >= 15 is 0 Å². The molecule has 0 aliphatic carbocycles. The van der Waals surface area contributed by atoms with Crippen molar-refractivity contribution < 1.29 is 42.7 Å². The Morgan fingerprint density at radius 3 is 1.85 bits per heavy atom. The van der Waals surface area contributed by atoms with Gasteiger partial charge in [0.25, 0.3) is 0 Å². The second kappa shape index (κ2) is 9.67. The number of hydrogen-bond donors (Lipinski definition) is 1. The van der Waals surface area contributed by atoms with Gasteiger partial charge in [-0.1, -0.05) is 30.3 Å². The van der Waals surface area contributed by atoms with Crippen molar-refractivity contribution in [3.63, 3.8) is 0 Å². The molecule has 0 aliphatic heterocycles. The van der Waals surface area contributed by atoms with Crippen LogP contribution in [0.5, 0.6) is 0 Å². The molecule has 1 rings (SSSR count). The molecular formula is C9H10HgO3.